The molecule has 0 radical (unpaired) electrons. The lowest BCUT2D eigenvalue weighted by molar-refractivity contribution is 0.979. The van der Waals surface area contributed by atoms with E-state index in [1.165, 1.54) is 16.7 Å². The maximum Gasteiger partial charge on any atom is 0.0659 e. The Balaban J connectivity index is 2.79. The van der Waals surface area contributed by atoms with Crippen LogP contribution in [0.5, 0.6) is 0 Å². The third-order valence-electron chi connectivity index (χ3n) is 3.24. The van der Waals surface area contributed by atoms with Crippen LogP contribution in [0.15, 0.2) is 71.8 Å². The molecule has 0 bridgehead atoms. The van der Waals surface area contributed by atoms with Crippen LogP contribution in [-0.4, -0.2) is 6.21 Å². The Bertz CT molecular complexity index is 600. The molecule has 0 heterocycles. The van der Waals surface area contributed by atoms with Crippen molar-refractivity contribution in [1.82, 2.24) is 0 Å². The molecule has 0 aliphatic rings. The van der Waals surface area contributed by atoms with E-state index in [2.05, 4.69) is 56.8 Å². The summed E-state index contributed by atoms with van der Waals surface area (Å²) in [4.78, 5) is 4.53. The zero-order valence-corrected chi connectivity index (χ0v) is 13.4. The molecule has 0 aliphatic carbocycles. The summed E-state index contributed by atoms with van der Waals surface area (Å²) in [5.41, 5.74) is 6.50. The standard InChI is InChI=1S/C20H25N/c1-7-19(10-8-9-15(2)3)18(6)14-21-20-12-11-16(4)13-17(20)5/h7,10-14H,1-2,6,8-9H2,3-5H3/b19-10+,21-14-. The zero-order valence-electron chi connectivity index (χ0n) is 13.4. The van der Waals surface area contributed by atoms with Crippen molar-refractivity contribution in [2.45, 2.75) is 33.6 Å². The van der Waals surface area contributed by atoms with Gasteiger partial charge in [-0.3, -0.25) is 4.99 Å². The van der Waals surface area contributed by atoms with Crippen molar-refractivity contribution in [2.24, 2.45) is 4.99 Å². The highest BCUT2D eigenvalue weighted by molar-refractivity contribution is 5.87. The van der Waals surface area contributed by atoms with Gasteiger partial charge in [0.25, 0.3) is 0 Å². The van der Waals surface area contributed by atoms with E-state index < -0.39 is 0 Å². The Morgan fingerprint density at radius 3 is 2.52 bits per heavy atom. The second-order valence-corrected chi connectivity index (χ2v) is 5.43. The molecule has 0 saturated carbocycles. The van der Waals surface area contributed by atoms with Crippen LogP contribution in [0.1, 0.15) is 30.9 Å². The molecule has 0 unspecified atom stereocenters. The van der Waals surface area contributed by atoms with Gasteiger partial charge in [-0.15, -0.1) is 6.58 Å². The molecular formula is C20H25N. The molecule has 110 valence electrons. The van der Waals surface area contributed by atoms with Gasteiger partial charge in [0.1, 0.15) is 0 Å². The summed E-state index contributed by atoms with van der Waals surface area (Å²) in [5, 5.41) is 0. The van der Waals surface area contributed by atoms with Gasteiger partial charge in [0.15, 0.2) is 0 Å². The van der Waals surface area contributed by atoms with E-state index >= 15 is 0 Å². The molecule has 1 heteroatoms. The van der Waals surface area contributed by atoms with E-state index in [0.29, 0.717) is 0 Å². The number of allylic oxidation sites excluding steroid dienone is 5. The Kier molecular flexibility index (Phi) is 6.61. The predicted molar refractivity (Wildman–Crippen MR) is 95.5 cm³/mol. The van der Waals surface area contributed by atoms with Crippen LogP contribution in [0.4, 0.5) is 5.69 Å². The number of rotatable bonds is 7. The molecule has 0 atom stereocenters. The van der Waals surface area contributed by atoms with E-state index in [-0.39, 0.29) is 0 Å². The van der Waals surface area contributed by atoms with Gasteiger partial charge in [-0.05, 0) is 56.4 Å². The highest BCUT2D eigenvalue weighted by Gasteiger charge is 1.98. The van der Waals surface area contributed by atoms with Crippen molar-refractivity contribution >= 4 is 11.9 Å². The highest BCUT2D eigenvalue weighted by atomic mass is 14.7. The van der Waals surface area contributed by atoms with Gasteiger partial charge in [0.2, 0.25) is 0 Å². The van der Waals surface area contributed by atoms with Crippen LogP contribution in [0.25, 0.3) is 0 Å². The lowest BCUT2D eigenvalue weighted by atomic mass is 10.1. The first-order valence-corrected chi connectivity index (χ1v) is 7.21. The quantitative estimate of drug-likeness (QED) is 0.328. The van der Waals surface area contributed by atoms with E-state index in [4.69, 9.17) is 0 Å². The zero-order chi connectivity index (χ0) is 15.8. The summed E-state index contributed by atoms with van der Waals surface area (Å²) >= 11 is 0. The van der Waals surface area contributed by atoms with Crippen LogP contribution in [0, 0.1) is 13.8 Å². The topological polar surface area (TPSA) is 12.4 Å². The first kappa shape index (κ1) is 16.9. The third-order valence-corrected chi connectivity index (χ3v) is 3.24. The largest absolute Gasteiger partial charge is 0.256 e. The van der Waals surface area contributed by atoms with Crippen molar-refractivity contribution in [3.63, 3.8) is 0 Å². The monoisotopic (exact) mass is 279 g/mol. The minimum absolute atomic E-state index is 0.881. The van der Waals surface area contributed by atoms with Crippen LogP contribution < -0.4 is 0 Å². The second kappa shape index (κ2) is 8.21. The Morgan fingerprint density at radius 2 is 1.95 bits per heavy atom. The molecule has 1 rings (SSSR count). The summed E-state index contributed by atoms with van der Waals surface area (Å²) in [5.74, 6) is 0. The molecule has 0 aliphatic heterocycles. The minimum atomic E-state index is 0.881. The van der Waals surface area contributed by atoms with Crippen molar-refractivity contribution in [3.05, 3.63) is 77.9 Å². The van der Waals surface area contributed by atoms with E-state index in [1.54, 1.807) is 0 Å². The molecule has 0 spiro atoms. The molecule has 0 N–H and O–H groups in total. The lowest BCUT2D eigenvalue weighted by Gasteiger charge is -2.04. The summed E-state index contributed by atoms with van der Waals surface area (Å²) in [7, 11) is 0. The number of hydrogen-bond donors (Lipinski definition) is 0. The van der Waals surface area contributed by atoms with Crippen molar-refractivity contribution in [1.29, 1.82) is 0 Å². The molecule has 0 fully saturated rings. The third kappa shape index (κ3) is 5.78. The second-order valence-electron chi connectivity index (χ2n) is 5.43. The summed E-state index contributed by atoms with van der Waals surface area (Å²) in [6.45, 7) is 18.0. The average molecular weight is 279 g/mol. The smallest absolute Gasteiger partial charge is 0.0659 e. The fourth-order valence-electron chi connectivity index (χ4n) is 1.99. The van der Waals surface area contributed by atoms with E-state index in [1.807, 2.05) is 25.3 Å². The van der Waals surface area contributed by atoms with Gasteiger partial charge in [-0.2, -0.15) is 0 Å². The van der Waals surface area contributed by atoms with Crippen molar-refractivity contribution < 1.29 is 0 Å². The molecule has 1 aromatic carbocycles. The Labute approximate surface area is 129 Å². The van der Waals surface area contributed by atoms with Crippen LogP contribution >= 0.6 is 0 Å². The van der Waals surface area contributed by atoms with Crippen LogP contribution in [-0.2, 0) is 0 Å². The number of aryl methyl sites for hydroxylation is 2. The molecule has 21 heavy (non-hydrogen) atoms. The van der Waals surface area contributed by atoms with Gasteiger partial charge >= 0.3 is 0 Å². The van der Waals surface area contributed by atoms with Crippen LogP contribution in [0.2, 0.25) is 0 Å². The maximum atomic E-state index is 4.53. The summed E-state index contributed by atoms with van der Waals surface area (Å²) < 4.78 is 0. The SMILES string of the molecule is C=C/C(=C\CCC(=C)C)C(=C)/C=N\c1ccc(C)cc1C. The molecule has 1 nitrogen and oxygen atoms in total. The molecule has 0 amide bonds. The van der Waals surface area contributed by atoms with Gasteiger partial charge in [-0.25, -0.2) is 0 Å². The summed E-state index contributed by atoms with van der Waals surface area (Å²) in [6, 6.07) is 6.24. The number of aliphatic imine (C=N–C) groups is 1. The van der Waals surface area contributed by atoms with Crippen LogP contribution in [0.3, 0.4) is 0 Å². The van der Waals surface area contributed by atoms with Gasteiger partial charge in [0, 0.05) is 6.21 Å². The average Bonchev–Trinajstić information content (AvgIpc) is 2.42. The van der Waals surface area contributed by atoms with E-state index in [0.717, 1.165) is 29.7 Å². The Hall–Kier alpha value is -2.15. The van der Waals surface area contributed by atoms with E-state index in [9.17, 15) is 0 Å². The lowest BCUT2D eigenvalue weighted by Crippen LogP contribution is -1.88. The first-order chi connectivity index (χ1) is 9.93. The van der Waals surface area contributed by atoms with Crippen molar-refractivity contribution in [2.75, 3.05) is 0 Å². The van der Waals surface area contributed by atoms with Crippen molar-refractivity contribution in [3.8, 4) is 0 Å². The Morgan fingerprint density at radius 1 is 1.24 bits per heavy atom. The van der Waals surface area contributed by atoms with Gasteiger partial charge < -0.3 is 0 Å². The first-order valence-electron chi connectivity index (χ1n) is 7.21. The molecule has 0 aromatic heterocycles. The normalized spacial score (nSPS) is 11.7. The predicted octanol–water partition coefficient (Wildman–Crippen LogP) is 6.03. The van der Waals surface area contributed by atoms with Gasteiger partial charge in [-0.1, -0.05) is 48.6 Å². The maximum absolute atomic E-state index is 4.53. The fourth-order valence-corrected chi connectivity index (χ4v) is 1.99. The number of hydrogen-bond acceptors (Lipinski definition) is 1. The molecule has 0 saturated heterocycles. The van der Waals surface area contributed by atoms with Gasteiger partial charge in [0.05, 0.1) is 5.69 Å². The number of nitrogens with zero attached hydrogens (tertiary/aromatic N) is 1. The minimum Gasteiger partial charge on any atom is -0.256 e. The number of benzene rings is 1. The molecular weight excluding hydrogens is 254 g/mol. The molecule has 1 aromatic rings. The highest BCUT2D eigenvalue weighted by Crippen LogP contribution is 2.20. The fraction of sp³-hybridized carbons (Fsp3) is 0.250. The summed E-state index contributed by atoms with van der Waals surface area (Å²) in [6.07, 6.45) is 7.71.